The van der Waals surface area contributed by atoms with Gasteiger partial charge in [0.05, 0.1) is 5.02 Å². The molecule has 0 saturated heterocycles. The number of carbonyl (C=O) groups excluding carboxylic acids is 2. The summed E-state index contributed by atoms with van der Waals surface area (Å²) in [5, 5.41) is 3.35. The molecule has 3 N–H and O–H groups in total. The number of amides is 3. The maximum atomic E-state index is 12.6. The van der Waals surface area contributed by atoms with Gasteiger partial charge in [-0.3, -0.25) is 0 Å². The van der Waals surface area contributed by atoms with E-state index in [2.05, 4.69) is 5.32 Å². The van der Waals surface area contributed by atoms with E-state index in [9.17, 15) is 14.4 Å². The number of halogens is 1. The minimum Gasteiger partial charge on any atom is -0.422 e. The lowest BCUT2D eigenvalue weighted by Gasteiger charge is -2.13. The third-order valence-electron chi connectivity index (χ3n) is 4.48. The minimum atomic E-state index is -0.672. The van der Waals surface area contributed by atoms with Crippen LogP contribution in [-0.4, -0.2) is 31.1 Å². The molecule has 0 aliphatic rings. The summed E-state index contributed by atoms with van der Waals surface area (Å²) in [6.45, 7) is 1.79. The highest BCUT2D eigenvalue weighted by Crippen LogP contribution is 2.32. The summed E-state index contributed by atoms with van der Waals surface area (Å²) < 4.78 is 10.7. The first-order chi connectivity index (χ1) is 14.2. The van der Waals surface area contributed by atoms with E-state index in [-0.39, 0.29) is 22.8 Å². The Morgan fingerprint density at radius 3 is 2.63 bits per heavy atom. The number of nitrogens with one attached hydrogen (secondary N) is 1. The molecule has 0 radical (unpaired) electrons. The number of ether oxygens (including phenoxy) is 1. The lowest BCUT2D eigenvalue weighted by Crippen LogP contribution is -2.25. The standard InChI is InChI=1S/C21H20ClN3O5/c1-11-14-9-16(22)18(30-21(28)25(2)3)10-17(14)29-19(26)15(11)8-12-5-4-6-13(7-12)24-20(23)27/h4-7,9-10H,8H2,1-3H3,(H3,23,24,27). The van der Waals surface area contributed by atoms with Crippen LogP contribution in [0.15, 0.2) is 45.6 Å². The van der Waals surface area contributed by atoms with Crippen LogP contribution >= 0.6 is 11.6 Å². The van der Waals surface area contributed by atoms with Crippen LogP contribution in [0.25, 0.3) is 11.0 Å². The van der Waals surface area contributed by atoms with Crippen molar-refractivity contribution in [1.82, 2.24) is 4.90 Å². The molecule has 0 aliphatic heterocycles. The Labute approximate surface area is 177 Å². The van der Waals surface area contributed by atoms with Crippen molar-refractivity contribution in [2.45, 2.75) is 13.3 Å². The molecule has 9 heteroatoms. The van der Waals surface area contributed by atoms with Gasteiger partial charge in [-0.05, 0) is 36.2 Å². The Bertz CT molecular complexity index is 1200. The quantitative estimate of drug-likeness (QED) is 0.610. The summed E-state index contributed by atoms with van der Waals surface area (Å²) >= 11 is 6.28. The maximum absolute atomic E-state index is 12.6. The lowest BCUT2D eigenvalue weighted by molar-refractivity contribution is 0.172. The monoisotopic (exact) mass is 429 g/mol. The average molecular weight is 430 g/mol. The maximum Gasteiger partial charge on any atom is 0.414 e. The normalized spacial score (nSPS) is 10.7. The number of nitrogens with two attached hydrogens (primary N) is 1. The second kappa shape index (κ2) is 8.46. The first-order valence-electron chi connectivity index (χ1n) is 8.96. The summed E-state index contributed by atoms with van der Waals surface area (Å²) in [7, 11) is 3.09. The molecule has 3 aromatic rings. The fourth-order valence-electron chi connectivity index (χ4n) is 2.96. The molecule has 0 spiro atoms. The van der Waals surface area contributed by atoms with Crippen molar-refractivity contribution in [2.24, 2.45) is 5.73 Å². The van der Waals surface area contributed by atoms with Crippen LogP contribution < -0.4 is 21.4 Å². The second-order valence-corrected chi connectivity index (χ2v) is 7.31. The smallest absolute Gasteiger partial charge is 0.414 e. The Kier molecular flexibility index (Phi) is 5.98. The molecular weight excluding hydrogens is 410 g/mol. The van der Waals surface area contributed by atoms with E-state index >= 15 is 0 Å². The zero-order valence-corrected chi connectivity index (χ0v) is 17.4. The SMILES string of the molecule is Cc1c(Cc2cccc(NC(N)=O)c2)c(=O)oc2cc(OC(=O)N(C)C)c(Cl)cc12. The minimum absolute atomic E-state index is 0.100. The largest absolute Gasteiger partial charge is 0.422 e. The molecule has 0 fully saturated rings. The fraction of sp³-hybridized carbons (Fsp3) is 0.190. The van der Waals surface area contributed by atoms with Crippen LogP contribution in [0.4, 0.5) is 15.3 Å². The summed E-state index contributed by atoms with van der Waals surface area (Å²) in [5.41, 5.74) is 7.36. The van der Waals surface area contributed by atoms with Crippen LogP contribution in [0.5, 0.6) is 5.75 Å². The number of hydrogen-bond donors (Lipinski definition) is 2. The van der Waals surface area contributed by atoms with E-state index in [0.717, 1.165) is 5.56 Å². The Morgan fingerprint density at radius 1 is 1.23 bits per heavy atom. The van der Waals surface area contributed by atoms with E-state index in [1.54, 1.807) is 45.3 Å². The lowest BCUT2D eigenvalue weighted by atomic mass is 9.99. The van der Waals surface area contributed by atoms with Gasteiger partial charge in [0.2, 0.25) is 0 Å². The molecule has 0 atom stereocenters. The number of benzene rings is 2. The van der Waals surface area contributed by atoms with Crippen molar-refractivity contribution in [2.75, 3.05) is 19.4 Å². The van der Waals surface area contributed by atoms with E-state index in [1.165, 1.54) is 11.0 Å². The van der Waals surface area contributed by atoms with Crippen molar-refractivity contribution in [3.8, 4) is 5.75 Å². The number of rotatable bonds is 4. The third-order valence-corrected chi connectivity index (χ3v) is 4.77. The predicted molar refractivity (Wildman–Crippen MR) is 114 cm³/mol. The zero-order valence-electron chi connectivity index (χ0n) is 16.6. The summed E-state index contributed by atoms with van der Waals surface area (Å²) in [6.07, 6.45) is -0.315. The van der Waals surface area contributed by atoms with E-state index in [4.69, 9.17) is 26.5 Å². The molecule has 1 aromatic heterocycles. The van der Waals surface area contributed by atoms with Gasteiger partial charge in [0, 0.05) is 43.2 Å². The van der Waals surface area contributed by atoms with Crippen LogP contribution in [0.2, 0.25) is 5.02 Å². The van der Waals surface area contributed by atoms with Gasteiger partial charge < -0.3 is 25.1 Å². The van der Waals surface area contributed by atoms with Gasteiger partial charge in [0.1, 0.15) is 5.58 Å². The fourth-order valence-corrected chi connectivity index (χ4v) is 3.17. The summed E-state index contributed by atoms with van der Waals surface area (Å²) in [4.78, 5) is 36.8. The number of hydrogen-bond acceptors (Lipinski definition) is 5. The van der Waals surface area contributed by atoms with Crippen molar-refractivity contribution in [3.63, 3.8) is 0 Å². The topological polar surface area (TPSA) is 115 Å². The number of aryl methyl sites for hydroxylation is 1. The molecule has 30 heavy (non-hydrogen) atoms. The number of carbonyl (C=O) groups is 2. The van der Waals surface area contributed by atoms with Gasteiger partial charge in [-0.25, -0.2) is 14.4 Å². The van der Waals surface area contributed by atoms with Gasteiger partial charge in [0.25, 0.3) is 0 Å². The molecule has 3 rings (SSSR count). The number of primary amides is 1. The molecule has 0 aliphatic carbocycles. The molecular formula is C21H20ClN3O5. The van der Waals surface area contributed by atoms with Gasteiger partial charge in [-0.15, -0.1) is 0 Å². The van der Waals surface area contributed by atoms with Gasteiger partial charge in [-0.1, -0.05) is 23.7 Å². The predicted octanol–water partition coefficient (Wildman–Crippen LogP) is 3.90. The molecule has 0 unspecified atom stereocenters. The van der Waals surface area contributed by atoms with Crippen LogP contribution in [0.1, 0.15) is 16.7 Å². The molecule has 156 valence electrons. The average Bonchev–Trinajstić information content (AvgIpc) is 2.66. The molecule has 0 bridgehead atoms. The van der Waals surface area contributed by atoms with Crippen molar-refractivity contribution < 1.29 is 18.7 Å². The molecule has 1 heterocycles. The van der Waals surface area contributed by atoms with Crippen molar-refractivity contribution >= 4 is 40.4 Å². The third kappa shape index (κ3) is 4.55. The highest BCUT2D eigenvalue weighted by Gasteiger charge is 2.17. The van der Waals surface area contributed by atoms with Crippen molar-refractivity contribution in [3.05, 3.63) is 68.5 Å². The number of fused-ring (bicyclic) bond motifs is 1. The highest BCUT2D eigenvalue weighted by atomic mass is 35.5. The number of anilines is 1. The Morgan fingerprint density at radius 2 is 1.97 bits per heavy atom. The zero-order chi connectivity index (χ0) is 22.0. The van der Waals surface area contributed by atoms with Gasteiger partial charge >= 0.3 is 17.7 Å². The van der Waals surface area contributed by atoms with Crippen molar-refractivity contribution in [1.29, 1.82) is 0 Å². The second-order valence-electron chi connectivity index (χ2n) is 6.90. The summed E-state index contributed by atoms with van der Waals surface area (Å²) in [6, 6.07) is 9.35. The molecule has 0 saturated carbocycles. The number of urea groups is 1. The summed E-state index contributed by atoms with van der Waals surface area (Å²) in [5.74, 6) is 0.100. The molecule has 2 aromatic carbocycles. The number of nitrogens with zero attached hydrogens (tertiary/aromatic N) is 1. The first-order valence-corrected chi connectivity index (χ1v) is 9.34. The van der Waals surface area contributed by atoms with E-state index in [1.807, 2.05) is 6.07 Å². The molecule has 8 nitrogen and oxygen atoms in total. The van der Waals surface area contributed by atoms with Gasteiger partial charge in [-0.2, -0.15) is 0 Å². The van der Waals surface area contributed by atoms with E-state index < -0.39 is 17.7 Å². The van der Waals surface area contributed by atoms with Gasteiger partial charge in [0.15, 0.2) is 5.75 Å². The van der Waals surface area contributed by atoms with Crippen LogP contribution in [-0.2, 0) is 6.42 Å². The van der Waals surface area contributed by atoms with Crippen LogP contribution in [0, 0.1) is 6.92 Å². The van der Waals surface area contributed by atoms with E-state index in [0.29, 0.717) is 22.2 Å². The molecule has 3 amide bonds. The van der Waals surface area contributed by atoms with Crippen LogP contribution in [0.3, 0.4) is 0 Å². The first kappa shape index (κ1) is 21.2. The highest BCUT2D eigenvalue weighted by molar-refractivity contribution is 6.33. The Balaban J connectivity index is 2.00. The Hall–Kier alpha value is -3.52.